The summed E-state index contributed by atoms with van der Waals surface area (Å²) in [4.78, 5) is 55.6. The van der Waals surface area contributed by atoms with Gasteiger partial charge in [-0.15, -0.1) is 0 Å². The van der Waals surface area contributed by atoms with Crippen LogP contribution in [-0.4, -0.2) is 109 Å². The van der Waals surface area contributed by atoms with E-state index in [0.717, 1.165) is 6.20 Å². The Bertz CT molecular complexity index is 2490. The van der Waals surface area contributed by atoms with Crippen molar-refractivity contribution in [3.63, 3.8) is 0 Å². The maximum atomic E-state index is 13.4. The van der Waals surface area contributed by atoms with Gasteiger partial charge in [0.2, 0.25) is 12.6 Å². The number of fused-ring (bicyclic) bond motifs is 2. The molecule has 2 aliphatic heterocycles. The first-order chi connectivity index (χ1) is 29.2. The lowest BCUT2D eigenvalue weighted by atomic mass is 9.79. The zero-order valence-corrected chi connectivity index (χ0v) is 34.5. The Morgan fingerprint density at radius 2 is 1.23 bits per heavy atom. The van der Waals surface area contributed by atoms with Crippen LogP contribution in [0.3, 0.4) is 0 Å². The van der Waals surface area contributed by atoms with E-state index in [2.05, 4.69) is 15.6 Å². The minimum absolute atomic E-state index is 0.00590. The highest BCUT2D eigenvalue weighted by Gasteiger charge is 2.51. The SMILES string of the molecule is CC[C@@H]1[C@@H](O)[C@@H](O)[C@H](Oc2ccc3c(O)c(NC(=O)c4[nH]cc(C(=O)Nc5c(O)c6ccc(O[C@@H]7OC(C)(C)[C@H](OC)[C@@H](O)[C@H]7O)cc6oc5=O)c4C)c(=O)oc3c2)OC1(C)C. The Morgan fingerprint density at radius 3 is 1.73 bits per heavy atom. The fraction of sp³-hybridized carbons (Fsp3) is 0.429. The van der Waals surface area contributed by atoms with E-state index in [1.54, 1.807) is 27.7 Å². The first-order valence-electron chi connectivity index (χ1n) is 19.5. The number of hydrogen-bond donors (Lipinski definition) is 9. The second kappa shape index (κ2) is 16.4. The van der Waals surface area contributed by atoms with Crippen LogP contribution in [0.5, 0.6) is 23.0 Å². The molecule has 0 bridgehead atoms. The van der Waals surface area contributed by atoms with Gasteiger partial charge in [-0.25, -0.2) is 9.59 Å². The predicted octanol–water partition coefficient (Wildman–Crippen LogP) is 2.96. The number of carbonyl (C=O) groups excluding carboxylic acids is 2. The molecule has 20 heteroatoms. The zero-order valence-electron chi connectivity index (χ0n) is 34.5. The van der Waals surface area contributed by atoms with E-state index in [0.29, 0.717) is 6.42 Å². The van der Waals surface area contributed by atoms with Crippen LogP contribution in [0, 0.1) is 12.8 Å². The number of aromatic hydroxyl groups is 2. The Kier molecular flexibility index (Phi) is 11.6. The number of hydrogen-bond acceptors (Lipinski definition) is 17. The van der Waals surface area contributed by atoms with Crippen molar-refractivity contribution in [3.05, 3.63) is 80.3 Å². The van der Waals surface area contributed by atoms with Crippen molar-refractivity contribution in [2.75, 3.05) is 17.7 Å². The molecule has 2 aromatic carbocycles. The molecular formula is C42H47N3O17. The average molecular weight is 866 g/mol. The molecule has 3 aromatic heterocycles. The van der Waals surface area contributed by atoms with Gasteiger partial charge in [0.05, 0.1) is 33.6 Å². The Morgan fingerprint density at radius 1 is 0.742 bits per heavy atom. The molecule has 62 heavy (non-hydrogen) atoms. The van der Waals surface area contributed by atoms with Gasteiger partial charge in [-0.3, -0.25) is 9.59 Å². The van der Waals surface area contributed by atoms with E-state index in [4.69, 9.17) is 32.5 Å². The first-order valence-corrected chi connectivity index (χ1v) is 19.5. The largest absolute Gasteiger partial charge is 0.505 e. The number of H-pyrrole nitrogens is 1. The minimum Gasteiger partial charge on any atom is -0.505 e. The van der Waals surface area contributed by atoms with Gasteiger partial charge >= 0.3 is 11.3 Å². The summed E-state index contributed by atoms with van der Waals surface area (Å²) in [5.74, 6) is -3.41. The van der Waals surface area contributed by atoms with Crippen molar-refractivity contribution in [2.24, 2.45) is 5.92 Å². The lowest BCUT2D eigenvalue weighted by Crippen LogP contribution is -2.63. The number of anilines is 2. The summed E-state index contributed by atoms with van der Waals surface area (Å²) in [5.41, 5.74) is -6.00. The van der Waals surface area contributed by atoms with Crippen LogP contribution < -0.4 is 31.4 Å². The van der Waals surface area contributed by atoms with Gasteiger partial charge in [-0.1, -0.05) is 6.92 Å². The molecule has 2 saturated heterocycles. The van der Waals surface area contributed by atoms with Crippen LogP contribution in [0.1, 0.15) is 67.4 Å². The second-order valence-corrected chi connectivity index (χ2v) is 16.2. The van der Waals surface area contributed by atoms with E-state index in [9.17, 15) is 49.8 Å². The van der Waals surface area contributed by atoms with Crippen molar-refractivity contribution in [2.45, 2.75) is 102 Å². The lowest BCUT2D eigenvalue weighted by Gasteiger charge is -2.47. The van der Waals surface area contributed by atoms with Crippen LogP contribution >= 0.6 is 0 Å². The summed E-state index contributed by atoms with van der Waals surface area (Å²) < 4.78 is 39.4. The Hall–Kier alpha value is -6.00. The highest BCUT2D eigenvalue weighted by atomic mass is 16.7. The van der Waals surface area contributed by atoms with Crippen molar-refractivity contribution in [1.29, 1.82) is 0 Å². The number of aromatic nitrogens is 1. The third-order valence-electron chi connectivity index (χ3n) is 11.4. The highest BCUT2D eigenvalue weighted by Crippen LogP contribution is 2.39. The maximum Gasteiger partial charge on any atom is 0.364 e. The van der Waals surface area contributed by atoms with Crippen LogP contribution in [0.2, 0.25) is 0 Å². The molecular weight excluding hydrogens is 818 g/mol. The molecule has 0 radical (unpaired) electrons. The molecule has 2 aliphatic rings. The molecule has 0 spiro atoms. The number of rotatable bonds is 10. The van der Waals surface area contributed by atoms with Gasteiger partial charge in [0, 0.05) is 31.4 Å². The summed E-state index contributed by atoms with van der Waals surface area (Å²) >= 11 is 0. The van der Waals surface area contributed by atoms with Gasteiger partial charge < -0.3 is 78.8 Å². The van der Waals surface area contributed by atoms with Crippen molar-refractivity contribution >= 4 is 45.1 Å². The number of ether oxygens (including phenoxy) is 5. The second-order valence-electron chi connectivity index (χ2n) is 16.2. The predicted molar refractivity (Wildman–Crippen MR) is 217 cm³/mol. The van der Waals surface area contributed by atoms with E-state index in [1.807, 2.05) is 6.92 Å². The Labute approximate surface area is 351 Å². The van der Waals surface area contributed by atoms with E-state index >= 15 is 0 Å². The number of aromatic amines is 1. The number of methoxy groups -OCH3 is 1. The molecule has 2 amide bonds. The number of benzene rings is 2. The van der Waals surface area contributed by atoms with E-state index < -0.39 is 100 Å². The average Bonchev–Trinajstić information content (AvgIpc) is 3.59. The number of aliphatic hydroxyl groups excluding tert-OH is 4. The fourth-order valence-corrected chi connectivity index (χ4v) is 8.09. The maximum absolute atomic E-state index is 13.4. The zero-order chi connectivity index (χ0) is 45.2. The Balaban J connectivity index is 1.05. The van der Waals surface area contributed by atoms with E-state index in [1.165, 1.54) is 50.4 Å². The van der Waals surface area contributed by atoms with Crippen molar-refractivity contribution in [1.82, 2.24) is 4.98 Å². The molecule has 2 fully saturated rings. The number of nitrogens with one attached hydrogen (secondary N) is 3. The van der Waals surface area contributed by atoms with Gasteiger partial charge in [-0.2, -0.15) is 0 Å². The smallest absolute Gasteiger partial charge is 0.364 e. The fourth-order valence-electron chi connectivity index (χ4n) is 8.09. The molecule has 7 rings (SSSR count). The summed E-state index contributed by atoms with van der Waals surface area (Å²) in [6.07, 6.45) is -7.16. The quantitative estimate of drug-likeness (QED) is 0.0912. The molecule has 5 heterocycles. The summed E-state index contributed by atoms with van der Waals surface area (Å²) in [6.45, 7) is 10.1. The molecule has 332 valence electrons. The first kappa shape index (κ1) is 44.1. The van der Waals surface area contributed by atoms with Crippen LogP contribution in [0.25, 0.3) is 21.9 Å². The standard InChI is InChI=1S/C42H47N3O17/c1-8-22-30(48)32(50)39(61-41(22,3)4)57-17-9-12-20-24(13-17)60-38(55)27(29(20)47)45-36(53)25-16(2)21(15-43-25)35(52)44-26-28(46)19-11-10-18(14-23(19)59-37(26)54)58-40-33(51)31(49)34(56-7)42(5,6)62-40/h9-15,22,30-34,39-40,43,46-51H,8H2,1-7H3,(H,44,52)(H,45,53)/t22-,30-,31+,32-,33-,34-,39-,40-/m1/s1. The van der Waals surface area contributed by atoms with Crippen molar-refractivity contribution < 1.29 is 72.7 Å². The summed E-state index contributed by atoms with van der Waals surface area (Å²) in [6, 6.07) is 7.97. The molecule has 0 aliphatic carbocycles. The van der Waals surface area contributed by atoms with E-state index in [-0.39, 0.29) is 56.2 Å². The van der Waals surface area contributed by atoms with Crippen LogP contribution in [0.4, 0.5) is 11.4 Å². The number of carbonyl (C=O) groups is 2. The third kappa shape index (κ3) is 7.85. The molecule has 20 nitrogen and oxygen atoms in total. The summed E-state index contributed by atoms with van der Waals surface area (Å²) in [7, 11) is 1.37. The molecule has 0 saturated carbocycles. The number of aliphatic hydroxyl groups is 4. The van der Waals surface area contributed by atoms with Crippen LogP contribution in [0.15, 0.2) is 61.0 Å². The third-order valence-corrected chi connectivity index (χ3v) is 11.4. The van der Waals surface area contributed by atoms with Gasteiger partial charge in [-0.05, 0) is 70.9 Å². The summed E-state index contributed by atoms with van der Waals surface area (Å²) in [5, 5.41) is 69.2. The highest BCUT2D eigenvalue weighted by molar-refractivity contribution is 6.11. The molecule has 9 N–H and O–H groups in total. The monoisotopic (exact) mass is 865 g/mol. The van der Waals surface area contributed by atoms with Crippen LogP contribution in [-0.2, 0) is 14.2 Å². The number of amides is 2. The molecule has 0 unspecified atom stereocenters. The van der Waals surface area contributed by atoms with Gasteiger partial charge in [0.15, 0.2) is 22.9 Å². The normalized spacial score (nSPS) is 25.7. The minimum atomic E-state index is -1.51. The molecule has 5 aromatic rings. The van der Waals surface area contributed by atoms with Gasteiger partial charge in [0.25, 0.3) is 11.8 Å². The van der Waals surface area contributed by atoms with Gasteiger partial charge in [0.1, 0.15) is 52.8 Å². The van der Waals surface area contributed by atoms with Crippen molar-refractivity contribution in [3.8, 4) is 23.0 Å². The topological polar surface area (TPSA) is 302 Å². The lowest BCUT2D eigenvalue weighted by molar-refractivity contribution is -0.305. The molecule has 8 atom stereocenters.